The number of imidazole rings is 2. The van der Waals surface area contributed by atoms with Crippen LogP contribution in [0.3, 0.4) is 0 Å². The Balaban J connectivity index is 2.67. The second-order valence-electron chi connectivity index (χ2n) is 3.96. The van der Waals surface area contributed by atoms with Crippen LogP contribution in [0.15, 0.2) is 30.8 Å². The van der Waals surface area contributed by atoms with Crippen molar-refractivity contribution in [3.8, 4) is 0 Å². The van der Waals surface area contributed by atoms with Crippen LogP contribution < -0.4 is 0 Å². The zero-order chi connectivity index (χ0) is 11.3. The summed E-state index contributed by atoms with van der Waals surface area (Å²) in [5.74, 6) is 0.936. The average molecular weight is 211 g/mol. The van der Waals surface area contributed by atoms with Gasteiger partial charge in [-0.1, -0.05) is 18.7 Å². The average Bonchev–Trinajstić information content (AvgIpc) is 2.75. The van der Waals surface area contributed by atoms with Crippen molar-refractivity contribution in [1.82, 2.24) is 14.0 Å². The zero-order valence-corrected chi connectivity index (χ0v) is 9.44. The van der Waals surface area contributed by atoms with Gasteiger partial charge in [-0.05, 0) is 26.0 Å². The lowest BCUT2D eigenvalue weighted by atomic mass is 10.3. The molecule has 3 heteroatoms. The number of fused-ring (bicyclic) bond motifs is 3. The maximum absolute atomic E-state index is 4.58. The smallest absolute Gasteiger partial charge is 0.219 e. The second-order valence-corrected chi connectivity index (χ2v) is 3.96. The zero-order valence-electron chi connectivity index (χ0n) is 9.44. The highest BCUT2D eigenvalue weighted by Gasteiger charge is 2.13. The second kappa shape index (κ2) is 2.98. The number of hydrogen-bond donors (Lipinski definition) is 0. The van der Waals surface area contributed by atoms with Crippen molar-refractivity contribution < 1.29 is 0 Å². The fourth-order valence-electron chi connectivity index (χ4n) is 2.19. The molecule has 2 aromatic heterocycles. The third-order valence-electron chi connectivity index (χ3n) is 3.11. The molecule has 2 heterocycles. The molecule has 0 amide bonds. The SMILES string of the molecule is C=Cn1c2ccccc2n2c(C)c(C)nc12. The summed E-state index contributed by atoms with van der Waals surface area (Å²) in [5.41, 5.74) is 4.57. The van der Waals surface area contributed by atoms with E-state index in [1.165, 1.54) is 11.2 Å². The number of aryl methyl sites for hydroxylation is 2. The Morgan fingerprint density at radius 1 is 1.19 bits per heavy atom. The van der Waals surface area contributed by atoms with Crippen molar-refractivity contribution in [2.75, 3.05) is 0 Å². The van der Waals surface area contributed by atoms with E-state index in [-0.39, 0.29) is 0 Å². The lowest BCUT2D eigenvalue weighted by Gasteiger charge is -1.95. The Kier molecular flexibility index (Phi) is 1.72. The molecule has 0 fully saturated rings. The van der Waals surface area contributed by atoms with Crippen LogP contribution in [0.4, 0.5) is 0 Å². The predicted molar refractivity (Wildman–Crippen MR) is 66.5 cm³/mol. The van der Waals surface area contributed by atoms with Crippen molar-refractivity contribution in [3.05, 3.63) is 42.2 Å². The summed E-state index contributed by atoms with van der Waals surface area (Å²) in [6.07, 6.45) is 1.81. The molecule has 0 aliphatic carbocycles. The number of rotatable bonds is 1. The third-order valence-corrected chi connectivity index (χ3v) is 3.11. The molecule has 0 radical (unpaired) electrons. The summed E-state index contributed by atoms with van der Waals surface area (Å²) in [5, 5.41) is 0. The molecule has 0 saturated carbocycles. The molecular formula is C13H13N3. The molecule has 0 bridgehead atoms. The maximum Gasteiger partial charge on any atom is 0.219 e. The first kappa shape index (κ1) is 9.21. The van der Waals surface area contributed by atoms with Crippen molar-refractivity contribution in [2.24, 2.45) is 0 Å². The van der Waals surface area contributed by atoms with Gasteiger partial charge in [-0.15, -0.1) is 0 Å². The normalized spacial score (nSPS) is 11.4. The van der Waals surface area contributed by atoms with Crippen LogP contribution in [0, 0.1) is 13.8 Å². The molecule has 80 valence electrons. The van der Waals surface area contributed by atoms with E-state index in [1.54, 1.807) is 0 Å². The van der Waals surface area contributed by atoms with Gasteiger partial charge in [0.2, 0.25) is 5.78 Å². The Morgan fingerprint density at radius 3 is 2.56 bits per heavy atom. The first-order valence-electron chi connectivity index (χ1n) is 5.31. The van der Waals surface area contributed by atoms with Gasteiger partial charge in [0.15, 0.2) is 0 Å². The van der Waals surface area contributed by atoms with Crippen molar-refractivity contribution in [1.29, 1.82) is 0 Å². The van der Waals surface area contributed by atoms with Gasteiger partial charge in [0.1, 0.15) is 0 Å². The van der Waals surface area contributed by atoms with Crippen LogP contribution in [0.25, 0.3) is 23.0 Å². The van der Waals surface area contributed by atoms with Gasteiger partial charge in [0, 0.05) is 11.9 Å². The van der Waals surface area contributed by atoms with Crippen LogP contribution in [0.5, 0.6) is 0 Å². The lowest BCUT2D eigenvalue weighted by Crippen LogP contribution is -1.86. The van der Waals surface area contributed by atoms with E-state index in [0.29, 0.717) is 0 Å². The summed E-state index contributed by atoms with van der Waals surface area (Å²) in [6.45, 7) is 7.98. The first-order valence-corrected chi connectivity index (χ1v) is 5.31. The molecule has 0 unspecified atom stereocenters. The molecule has 0 aliphatic heterocycles. The van der Waals surface area contributed by atoms with Gasteiger partial charge in [-0.3, -0.25) is 8.97 Å². The van der Waals surface area contributed by atoms with E-state index in [4.69, 9.17) is 0 Å². The summed E-state index contributed by atoms with van der Waals surface area (Å²) in [4.78, 5) is 4.58. The molecule has 1 aromatic carbocycles. The number of nitrogens with zero attached hydrogens (tertiary/aromatic N) is 3. The predicted octanol–water partition coefficient (Wildman–Crippen LogP) is 3.01. The Labute approximate surface area is 93.6 Å². The highest BCUT2D eigenvalue weighted by atomic mass is 15.2. The minimum atomic E-state index is 0.936. The third kappa shape index (κ3) is 0.949. The van der Waals surface area contributed by atoms with Crippen LogP contribution in [-0.4, -0.2) is 14.0 Å². The molecule has 0 atom stereocenters. The van der Waals surface area contributed by atoms with Gasteiger partial charge in [0.05, 0.1) is 16.7 Å². The molecular weight excluding hydrogens is 198 g/mol. The van der Waals surface area contributed by atoms with E-state index in [1.807, 2.05) is 29.8 Å². The van der Waals surface area contributed by atoms with Gasteiger partial charge in [-0.25, -0.2) is 4.98 Å². The monoisotopic (exact) mass is 211 g/mol. The lowest BCUT2D eigenvalue weighted by molar-refractivity contribution is 1.13. The highest BCUT2D eigenvalue weighted by Crippen LogP contribution is 2.23. The number of benzene rings is 1. The Morgan fingerprint density at radius 2 is 1.88 bits per heavy atom. The Bertz CT molecular complexity index is 701. The maximum atomic E-state index is 4.58. The highest BCUT2D eigenvalue weighted by molar-refractivity contribution is 5.83. The van der Waals surface area contributed by atoms with Crippen molar-refractivity contribution >= 4 is 23.0 Å². The van der Waals surface area contributed by atoms with E-state index in [2.05, 4.69) is 35.0 Å². The van der Waals surface area contributed by atoms with Crippen LogP contribution >= 0.6 is 0 Å². The number of para-hydroxylation sites is 2. The number of aromatic nitrogens is 3. The summed E-state index contributed by atoms with van der Waals surface area (Å²) < 4.78 is 4.20. The Hall–Kier alpha value is -2.03. The van der Waals surface area contributed by atoms with Gasteiger partial charge in [-0.2, -0.15) is 0 Å². The largest absolute Gasteiger partial charge is 0.286 e. The van der Waals surface area contributed by atoms with E-state index >= 15 is 0 Å². The molecule has 0 saturated heterocycles. The fourth-order valence-corrected chi connectivity index (χ4v) is 2.19. The van der Waals surface area contributed by atoms with E-state index < -0.39 is 0 Å². The first-order chi connectivity index (χ1) is 7.74. The molecule has 16 heavy (non-hydrogen) atoms. The summed E-state index contributed by atoms with van der Waals surface area (Å²) in [7, 11) is 0. The van der Waals surface area contributed by atoms with Crippen molar-refractivity contribution in [2.45, 2.75) is 13.8 Å². The molecule has 3 nitrogen and oxygen atoms in total. The minimum Gasteiger partial charge on any atom is -0.286 e. The molecule has 0 aliphatic rings. The summed E-state index contributed by atoms with van der Waals surface area (Å²) >= 11 is 0. The number of hydrogen-bond acceptors (Lipinski definition) is 1. The molecule has 3 rings (SSSR count). The fraction of sp³-hybridized carbons (Fsp3) is 0.154. The van der Waals surface area contributed by atoms with Gasteiger partial charge >= 0.3 is 0 Å². The van der Waals surface area contributed by atoms with Crippen LogP contribution in [0.1, 0.15) is 11.4 Å². The molecule has 0 N–H and O–H groups in total. The topological polar surface area (TPSA) is 22.2 Å². The molecule has 0 spiro atoms. The van der Waals surface area contributed by atoms with E-state index in [9.17, 15) is 0 Å². The standard InChI is InChI=1S/C13H13N3/c1-4-15-11-7-5-6-8-12(11)16-10(3)9(2)14-13(15)16/h4-8H,1H2,2-3H3. The molecule has 3 aromatic rings. The summed E-state index contributed by atoms with van der Waals surface area (Å²) in [6, 6.07) is 8.27. The van der Waals surface area contributed by atoms with Crippen LogP contribution in [-0.2, 0) is 0 Å². The van der Waals surface area contributed by atoms with E-state index in [0.717, 1.165) is 17.0 Å². The van der Waals surface area contributed by atoms with Gasteiger partial charge in [0.25, 0.3) is 0 Å². The quantitative estimate of drug-likeness (QED) is 0.606. The van der Waals surface area contributed by atoms with Gasteiger partial charge < -0.3 is 0 Å². The van der Waals surface area contributed by atoms with Crippen molar-refractivity contribution in [3.63, 3.8) is 0 Å². The van der Waals surface area contributed by atoms with Crippen LogP contribution in [0.2, 0.25) is 0 Å². The minimum absolute atomic E-state index is 0.936.